The fourth-order valence-electron chi connectivity index (χ4n) is 1.58. The molecule has 0 aliphatic heterocycles. The molecule has 0 radical (unpaired) electrons. The number of hydrogen-bond acceptors (Lipinski definition) is 3. The largest absolute Gasteiger partial charge is 0.439 e. The number of benzene rings is 1. The van der Waals surface area contributed by atoms with Crippen LogP contribution in [0.25, 0.3) is 0 Å². The van der Waals surface area contributed by atoms with Crippen LogP contribution in [0.1, 0.15) is 26.5 Å². The van der Waals surface area contributed by atoms with E-state index in [9.17, 15) is 0 Å². The number of ether oxygens (including phenoxy) is 1. The number of aromatic nitrogens is 1. The van der Waals surface area contributed by atoms with Gasteiger partial charge in [0.25, 0.3) is 0 Å². The zero-order chi connectivity index (χ0) is 13.7. The topological polar surface area (TPSA) is 34.1 Å². The summed E-state index contributed by atoms with van der Waals surface area (Å²) in [6.45, 7) is 7.14. The van der Waals surface area contributed by atoms with Crippen LogP contribution in [0.2, 0.25) is 0 Å². The van der Waals surface area contributed by atoms with Crippen LogP contribution >= 0.6 is 0 Å². The van der Waals surface area contributed by atoms with Crippen LogP contribution in [-0.2, 0) is 6.54 Å². The van der Waals surface area contributed by atoms with E-state index in [2.05, 4.69) is 31.1 Å². The molecule has 0 amide bonds. The Kier molecular flexibility index (Phi) is 4.17. The van der Waals surface area contributed by atoms with E-state index in [4.69, 9.17) is 4.74 Å². The van der Waals surface area contributed by atoms with E-state index in [0.717, 1.165) is 18.0 Å². The molecule has 0 unspecified atom stereocenters. The normalized spacial score (nSPS) is 11.3. The molecule has 1 aromatic heterocycles. The van der Waals surface area contributed by atoms with Gasteiger partial charge in [0, 0.05) is 18.2 Å². The average Bonchev–Trinajstić information content (AvgIpc) is 2.37. The van der Waals surface area contributed by atoms with Crippen molar-refractivity contribution in [2.75, 3.05) is 0 Å². The molecular formula is C16H20N2O. The highest BCUT2D eigenvalue weighted by Crippen LogP contribution is 2.18. The summed E-state index contributed by atoms with van der Waals surface area (Å²) in [4.78, 5) is 4.49. The summed E-state index contributed by atoms with van der Waals surface area (Å²) < 4.78 is 5.71. The van der Waals surface area contributed by atoms with Gasteiger partial charge in [0.1, 0.15) is 5.75 Å². The zero-order valence-corrected chi connectivity index (χ0v) is 11.7. The molecule has 0 spiro atoms. The molecule has 19 heavy (non-hydrogen) atoms. The van der Waals surface area contributed by atoms with Crippen molar-refractivity contribution in [1.82, 2.24) is 10.3 Å². The zero-order valence-electron chi connectivity index (χ0n) is 11.7. The van der Waals surface area contributed by atoms with Gasteiger partial charge in [-0.25, -0.2) is 4.98 Å². The van der Waals surface area contributed by atoms with Crippen molar-refractivity contribution >= 4 is 0 Å². The fraction of sp³-hybridized carbons (Fsp3) is 0.312. The third-order valence-corrected chi connectivity index (χ3v) is 2.55. The van der Waals surface area contributed by atoms with Crippen LogP contribution in [-0.4, -0.2) is 10.5 Å². The summed E-state index contributed by atoms with van der Waals surface area (Å²) >= 11 is 0. The van der Waals surface area contributed by atoms with E-state index in [-0.39, 0.29) is 5.54 Å². The highest BCUT2D eigenvalue weighted by Gasteiger charge is 2.09. The van der Waals surface area contributed by atoms with Crippen molar-refractivity contribution in [3.05, 3.63) is 54.2 Å². The number of nitrogens with one attached hydrogen (secondary N) is 1. The molecule has 0 atom stereocenters. The van der Waals surface area contributed by atoms with Crippen LogP contribution in [0.15, 0.2) is 48.5 Å². The van der Waals surface area contributed by atoms with Crippen molar-refractivity contribution in [1.29, 1.82) is 0 Å². The number of hydrogen-bond donors (Lipinski definition) is 1. The van der Waals surface area contributed by atoms with Gasteiger partial charge in [0.05, 0.1) is 5.69 Å². The van der Waals surface area contributed by atoms with Gasteiger partial charge >= 0.3 is 0 Å². The Bertz CT molecular complexity index is 518. The minimum atomic E-state index is 0.0813. The van der Waals surface area contributed by atoms with Gasteiger partial charge in [-0.15, -0.1) is 0 Å². The smallest absolute Gasteiger partial charge is 0.219 e. The van der Waals surface area contributed by atoms with E-state index in [1.165, 1.54) is 0 Å². The third-order valence-electron chi connectivity index (χ3n) is 2.55. The molecule has 1 N–H and O–H groups in total. The fourth-order valence-corrected chi connectivity index (χ4v) is 1.58. The minimum Gasteiger partial charge on any atom is -0.439 e. The summed E-state index contributed by atoms with van der Waals surface area (Å²) in [5.41, 5.74) is 1.06. The quantitative estimate of drug-likeness (QED) is 0.904. The molecule has 0 saturated heterocycles. The summed E-state index contributed by atoms with van der Waals surface area (Å²) in [6.07, 6.45) is 0. The van der Waals surface area contributed by atoms with E-state index in [1.807, 2.05) is 48.5 Å². The van der Waals surface area contributed by atoms with Gasteiger partial charge in [0.15, 0.2) is 0 Å². The molecule has 100 valence electrons. The number of pyridine rings is 1. The second kappa shape index (κ2) is 5.85. The van der Waals surface area contributed by atoms with Gasteiger partial charge in [-0.05, 0) is 39.0 Å². The number of nitrogens with zero attached hydrogens (tertiary/aromatic N) is 1. The van der Waals surface area contributed by atoms with Crippen molar-refractivity contribution in [2.45, 2.75) is 32.9 Å². The first kappa shape index (κ1) is 13.6. The molecule has 3 nitrogen and oxygen atoms in total. The third kappa shape index (κ3) is 4.72. The van der Waals surface area contributed by atoms with Gasteiger partial charge in [-0.3, -0.25) is 0 Å². The second-order valence-corrected chi connectivity index (χ2v) is 5.49. The summed E-state index contributed by atoms with van der Waals surface area (Å²) in [7, 11) is 0. The van der Waals surface area contributed by atoms with E-state index in [1.54, 1.807) is 0 Å². The first-order valence-corrected chi connectivity index (χ1v) is 6.47. The molecule has 3 heteroatoms. The molecule has 1 aromatic carbocycles. The Balaban J connectivity index is 2.03. The molecule has 0 aliphatic carbocycles. The Morgan fingerprint density at radius 3 is 2.42 bits per heavy atom. The Morgan fingerprint density at radius 2 is 1.74 bits per heavy atom. The van der Waals surface area contributed by atoms with E-state index < -0.39 is 0 Å². The molecular weight excluding hydrogens is 236 g/mol. The van der Waals surface area contributed by atoms with Crippen molar-refractivity contribution in [3.63, 3.8) is 0 Å². The van der Waals surface area contributed by atoms with Crippen LogP contribution in [0.5, 0.6) is 11.6 Å². The summed E-state index contributed by atoms with van der Waals surface area (Å²) in [6, 6.07) is 15.5. The molecule has 0 aliphatic rings. The SMILES string of the molecule is CC(C)(C)NCc1cccc(Oc2ccccc2)n1. The Labute approximate surface area is 114 Å². The van der Waals surface area contributed by atoms with E-state index >= 15 is 0 Å². The molecule has 2 aromatic rings. The second-order valence-electron chi connectivity index (χ2n) is 5.49. The summed E-state index contributed by atoms with van der Waals surface area (Å²) in [5, 5.41) is 3.41. The Hall–Kier alpha value is -1.87. The van der Waals surface area contributed by atoms with Crippen molar-refractivity contribution in [3.8, 4) is 11.6 Å². The maximum atomic E-state index is 5.71. The predicted molar refractivity (Wildman–Crippen MR) is 77.3 cm³/mol. The molecule has 1 heterocycles. The highest BCUT2D eigenvalue weighted by atomic mass is 16.5. The van der Waals surface area contributed by atoms with Gasteiger partial charge < -0.3 is 10.1 Å². The lowest BCUT2D eigenvalue weighted by atomic mass is 10.1. The van der Waals surface area contributed by atoms with E-state index in [0.29, 0.717) is 5.88 Å². The molecule has 0 fully saturated rings. The maximum Gasteiger partial charge on any atom is 0.219 e. The average molecular weight is 256 g/mol. The first-order valence-electron chi connectivity index (χ1n) is 6.47. The number of para-hydroxylation sites is 1. The predicted octanol–water partition coefficient (Wildman–Crippen LogP) is 3.76. The minimum absolute atomic E-state index is 0.0813. The van der Waals surface area contributed by atoms with Crippen LogP contribution in [0.4, 0.5) is 0 Å². The van der Waals surface area contributed by atoms with Crippen molar-refractivity contribution in [2.24, 2.45) is 0 Å². The van der Waals surface area contributed by atoms with Crippen molar-refractivity contribution < 1.29 is 4.74 Å². The van der Waals surface area contributed by atoms with Crippen LogP contribution < -0.4 is 10.1 Å². The van der Waals surface area contributed by atoms with Gasteiger partial charge in [-0.2, -0.15) is 0 Å². The maximum absolute atomic E-state index is 5.71. The van der Waals surface area contributed by atoms with Crippen LogP contribution in [0, 0.1) is 0 Å². The van der Waals surface area contributed by atoms with Gasteiger partial charge in [0.2, 0.25) is 5.88 Å². The lowest BCUT2D eigenvalue weighted by Crippen LogP contribution is -2.35. The molecule has 0 saturated carbocycles. The lowest BCUT2D eigenvalue weighted by Gasteiger charge is -2.20. The molecule has 2 rings (SSSR count). The molecule has 0 bridgehead atoms. The highest BCUT2D eigenvalue weighted by molar-refractivity contribution is 5.27. The van der Waals surface area contributed by atoms with Crippen LogP contribution in [0.3, 0.4) is 0 Å². The Morgan fingerprint density at radius 1 is 1.00 bits per heavy atom. The first-order chi connectivity index (χ1) is 9.03. The number of rotatable bonds is 4. The standard InChI is InChI=1S/C16H20N2O/c1-16(2,3)17-12-13-8-7-11-15(18-13)19-14-9-5-4-6-10-14/h4-11,17H,12H2,1-3H3. The summed E-state index contributed by atoms with van der Waals surface area (Å²) in [5.74, 6) is 1.43. The monoisotopic (exact) mass is 256 g/mol. The lowest BCUT2D eigenvalue weighted by molar-refractivity contribution is 0.416. The van der Waals surface area contributed by atoms with Gasteiger partial charge in [-0.1, -0.05) is 24.3 Å².